The van der Waals surface area contributed by atoms with Crippen LogP contribution >= 0.6 is 0 Å². The third-order valence-corrected chi connectivity index (χ3v) is 5.12. The van der Waals surface area contributed by atoms with Crippen molar-refractivity contribution >= 4 is 6.09 Å². The first-order valence-corrected chi connectivity index (χ1v) is 10.6. The lowest BCUT2D eigenvalue weighted by Gasteiger charge is -2.22. The van der Waals surface area contributed by atoms with Crippen molar-refractivity contribution in [3.05, 3.63) is 18.1 Å². The van der Waals surface area contributed by atoms with Crippen LogP contribution in [0.25, 0.3) is 11.5 Å². The van der Waals surface area contributed by atoms with Crippen LogP contribution in [-0.2, 0) is 18.3 Å². The molecule has 12 heteroatoms. The molecule has 1 unspecified atom stereocenters. The first kappa shape index (κ1) is 23.7. The SMILES string of the molecule is CC(COC(=O)NCc1c(-c2ncc(OC3CCCCC3)cn2)nnn1C)CC(F)(F)F. The highest BCUT2D eigenvalue weighted by atomic mass is 19.4. The van der Waals surface area contributed by atoms with Crippen molar-refractivity contribution in [3.63, 3.8) is 0 Å². The monoisotopic (exact) mass is 456 g/mol. The Labute approximate surface area is 183 Å². The summed E-state index contributed by atoms with van der Waals surface area (Å²) in [5.74, 6) is 0.0660. The molecule has 0 bridgehead atoms. The summed E-state index contributed by atoms with van der Waals surface area (Å²) in [5.41, 5.74) is 0.897. The second kappa shape index (κ2) is 10.6. The van der Waals surface area contributed by atoms with E-state index < -0.39 is 24.6 Å². The summed E-state index contributed by atoms with van der Waals surface area (Å²) in [5, 5.41) is 10.5. The lowest BCUT2D eigenvalue weighted by Crippen LogP contribution is -2.28. The maximum atomic E-state index is 12.4. The molecule has 176 valence electrons. The van der Waals surface area contributed by atoms with Crippen LogP contribution in [0.15, 0.2) is 12.4 Å². The van der Waals surface area contributed by atoms with Crippen LogP contribution in [0.2, 0.25) is 0 Å². The number of halogens is 3. The molecule has 0 aliphatic heterocycles. The molecule has 1 atom stereocenters. The molecule has 1 saturated carbocycles. The zero-order chi connectivity index (χ0) is 23.1. The zero-order valence-corrected chi connectivity index (χ0v) is 18.1. The molecule has 0 aromatic carbocycles. The van der Waals surface area contributed by atoms with Gasteiger partial charge in [-0.1, -0.05) is 18.6 Å². The Morgan fingerprint density at radius 3 is 2.59 bits per heavy atom. The molecule has 0 spiro atoms. The van der Waals surface area contributed by atoms with Gasteiger partial charge >= 0.3 is 12.3 Å². The largest absolute Gasteiger partial charge is 0.487 e. The molecule has 1 fully saturated rings. The van der Waals surface area contributed by atoms with Crippen molar-refractivity contribution in [3.8, 4) is 17.3 Å². The summed E-state index contributed by atoms with van der Waals surface area (Å²) in [6, 6.07) is 0. The van der Waals surface area contributed by atoms with E-state index >= 15 is 0 Å². The van der Waals surface area contributed by atoms with Crippen molar-refractivity contribution in [2.24, 2.45) is 13.0 Å². The molecule has 2 heterocycles. The van der Waals surface area contributed by atoms with Crippen LogP contribution in [0.4, 0.5) is 18.0 Å². The minimum atomic E-state index is -4.30. The van der Waals surface area contributed by atoms with E-state index in [9.17, 15) is 18.0 Å². The number of rotatable bonds is 8. The number of alkyl halides is 3. The molecular formula is C20H27F3N6O3. The van der Waals surface area contributed by atoms with Gasteiger partial charge in [-0.25, -0.2) is 19.4 Å². The summed E-state index contributed by atoms with van der Waals surface area (Å²) < 4.78 is 49.3. The summed E-state index contributed by atoms with van der Waals surface area (Å²) in [4.78, 5) is 20.5. The minimum absolute atomic E-state index is 0.00496. The van der Waals surface area contributed by atoms with Crippen molar-refractivity contribution in [2.75, 3.05) is 6.61 Å². The fourth-order valence-electron chi connectivity index (χ4n) is 3.50. The van der Waals surface area contributed by atoms with Crippen molar-refractivity contribution in [2.45, 2.75) is 64.3 Å². The zero-order valence-electron chi connectivity index (χ0n) is 18.1. The van der Waals surface area contributed by atoms with E-state index in [1.165, 1.54) is 18.0 Å². The average Bonchev–Trinajstić information content (AvgIpc) is 3.11. The summed E-state index contributed by atoms with van der Waals surface area (Å²) >= 11 is 0. The number of aryl methyl sites for hydroxylation is 1. The van der Waals surface area contributed by atoms with Crippen molar-refractivity contribution < 1.29 is 27.4 Å². The summed E-state index contributed by atoms with van der Waals surface area (Å²) in [6.45, 7) is 1.02. The van der Waals surface area contributed by atoms with Gasteiger partial charge in [0.25, 0.3) is 0 Å². The maximum absolute atomic E-state index is 12.4. The van der Waals surface area contributed by atoms with Gasteiger partial charge in [-0.3, -0.25) is 0 Å². The van der Waals surface area contributed by atoms with Gasteiger partial charge in [0.1, 0.15) is 0 Å². The minimum Gasteiger partial charge on any atom is -0.487 e. The van der Waals surface area contributed by atoms with Crippen LogP contribution in [0.1, 0.15) is 51.1 Å². The molecule has 2 aromatic rings. The van der Waals surface area contributed by atoms with E-state index in [2.05, 4.69) is 25.6 Å². The molecule has 1 aliphatic carbocycles. The molecule has 1 aliphatic rings. The number of amides is 1. The van der Waals surface area contributed by atoms with Crippen LogP contribution in [0.3, 0.4) is 0 Å². The Morgan fingerprint density at radius 2 is 1.94 bits per heavy atom. The smallest absolute Gasteiger partial charge is 0.407 e. The topological polar surface area (TPSA) is 104 Å². The Kier molecular flexibility index (Phi) is 7.86. The lowest BCUT2D eigenvalue weighted by molar-refractivity contribution is -0.145. The molecule has 0 saturated heterocycles. The second-order valence-corrected chi connectivity index (χ2v) is 8.01. The molecule has 32 heavy (non-hydrogen) atoms. The first-order valence-electron chi connectivity index (χ1n) is 10.6. The number of carbonyl (C=O) groups excluding carboxylic acids is 1. The quantitative estimate of drug-likeness (QED) is 0.644. The number of hydrogen-bond acceptors (Lipinski definition) is 7. The van der Waals surface area contributed by atoms with Crippen LogP contribution in [0.5, 0.6) is 5.75 Å². The predicted octanol–water partition coefficient (Wildman–Crippen LogP) is 3.80. The van der Waals surface area contributed by atoms with Gasteiger partial charge in [0, 0.05) is 13.5 Å². The molecule has 0 radical (unpaired) electrons. The first-order chi connectivity index (χ1) is 15.2. The van der Waals surface area contributed by atoms with Gasteiger partial charge < -0.3 is 14.8 Å². The molecule has 2 aromatic heterocycles. The number of carbonyl (C=O) groups is 1. The lowest BCUT2D eigenvalue weighted by atomic mass is 9.98. The normalized spacial score (nSPS) is 15.9. The van der Waals surface area contributed by atoms with E-state index in [-0.39, 0.29) is 19.3 Å². The summed E-state index contributed by atoms with van der Waals surface area (Å²) in [7, 11) is 1.64. The highest BCUT2D eigenvalue weighted by molar-refractivity contribution is 5.67. The number of nitrogens with one attached hydrogen (secondary N) is 1. The molecule has 3 rings (SSSR count). The van der Waals surface area contributed by atoms with Gasteiger partial charge in [0.05, 0.1) is 37.3 Å². The van der Waals surface area contributed by atoms with E-state index in [1.807, 2.05) is 0 Å². The van der Waals surface area contributed by atoms with E-state index in [0.717, 1.165) is 25.7 Å². The Hall–Kier alpha value is -2.92. The molecular weight excluding hydrogens is 429 g/mol. The Balaban J connectivity index is 1.54. The van der Waals surface area contributed by atoms with Crippen molar-refractivity contribution in [1.29, 1.82) is 0 Å². The number of ether oxygens (including phenoxy) is 2. The predicted molar refractivity (Wildman–Crippen MR) is 108 cm³/mol. The third-order valence-electron chi connectivity index (χ3n) is 5.12. The number of hydrogen-bond donors (Lipinski definition) is 1. The van der Waals surface area contributed by atoms with E-state index in [0.29, 0.717) is 23.0 Å². The van der Waals surface area contributed by atoms with Gasteiger partial charge in [-0.15, -0.1) is 5.10 Å². The van der Waals surface area contributed by atoms with E-state index in [4.69, 9.17) is 9.47 Å². The van der Waals surface area contributed by atoms with Gasteiger partial charge in [0.2, 0.25) is 0 Å². The fraction of sp³-hybridized carbons (Fsp3) is 0.650. The maximum Gasteiger partial charge on any atom is 0.407 e. The van der Waals surface area contributed by atoms with Crippen molar-refractivity contribution in [1.82, 2.24) is 30.3 Å². The van der Waals surface area contributed by atoms with Crippen LogP contribution in [0, 0.1) is 5.92 Å². The number of aromatic nitrogens is 5. The van der Waals surface area contributed by atoms with E-state index in [1.54, 1.807) is 19.4 Å². The Morgan fingerprint density at radius 1 is 1.25 bits per heavy atom. The number of alkyl carbamates (subject to hydrolysis) is 1. The van der Waals surface area contributed by atoms with Crippen LogP contribution in [-0.4, -0.2) is 49.9 Å². The Bertz CT molecular complexity index is 882. The number of nitrogens with zero attached hydrogens (tertiary/aromatic N) is 5. The van der Waals surface area contributed by atoms with Gasteiger partial charge in [-0.05, 0) is 31.6 Å². The van der Waals surface area contributed by atoms with Crippen LogP contribution < -0.4 is 10.1 Å². The molecule has 9 nitrogen and oxygen atoms in total. The molecule has 1 amide bonds. The van der Waals surface area contributed by atoms with Gasteiger partial charge in [0.15, 0.2) is 17.3 Å². The summed E-state index contributed by atoms with van der Waals surface area (Å²) in [6.07, 6.45) is 2.78. The highest BCUT2D eigenvalue weighted by Gasteiger charge is 2.30. The molecule has 1 N–H and O–H groups in total. The highest BCUT2D eigenvalue weighted by Crippen LogP contribution is 2.25. The standard InChI is InChI=1S/C20H27F3N6O3/c1-13(8-20(21,22)23)12-31-19(30)26-11-16-17(27-28-29(16)2)18-24-9-15(10-25-18)32-14-6-4-3-5-7-14/h9-10,13-14H,3-8,11-12H2,1-2H3,(H,26,30). The third kappa shape index (κ3) is 7.06. The van der Waals surface area contributed by atoms with Gasteiger partial charge in [-0.2, -0.15) is 13.2 Å². The fourth-order valence-corrected chi connectivity index (χ4v) is 3.50. The second-order valence-electron chi connectivity index (χ2n) is 8.01. The average molecular weight is 456 g/mol.